The fourth-order valence-electron chi connectivity index (χ4n) is 1.24. The second-order valence-corrected chi connectivity index (χ2v) is 4.76. The first-order valence-electron chi connectivity index (χ1n) is 5.42. The maximum absolute atomic E-state index is 11.9. The van der Waals surface area contributed by atoms with Crippen LogP contribution in [0.5, 0.6) is 0 Å². The molecule has 1 aromatic carbocycles. The number of para-hydroxylation sites is 1. The lowest BCUT2D eigenvalue weighted by Gasteiger charge is -2.15. The van der Waals surface area contributed by atoms with E-state index in [4.69, 9.17) is 5.26 Å². The van der Waals surface area contributed by atoms with Crippen molar-refractivity contribution in [2.24, 2.45) is 5.41 Å². The van der Waals surface area contributed by atoms with Crippen LogP contribution in [0.4, 0.5) is 5.69 Å². The molecule has 0 radical (unpaired) electrons. The van der Waals surface area contributed by atoms with E-state index in [9.17, 15) is 4.79 Å². The minimum absolute atomic E-state index is 0.140. The van der Waals surface area contributed by atoms with E-state index in [1.165, 1.54) is 6.20 Å². The van der Waals surface area contributed by atoms with Gasteiger partial charge in [0, 0.05) is 17.3 Å². The van der Waals surface area contributed by atoms with Gasteiger partial charge in [0.25, 0.3) is 0 Å². The van der Waals surface area contributed by atoms with Crippen molar-refractivity contribution in [2.45, 2.75) is 20.8 Å². The fraction of sp³-hybridized carbons (Fsp3) is 0.286. The Kier molecular flexibility index (Phi) is 4.06. The zero-order chi connectivity index (χ0) is 12.9. The Morgan fingerprint density at radius 1 is 1.29 bits per heavy atom. The van der Waals surface area contributed by atoms with E-state index in [1.54, 1.807) is 20.8 Å². The van der Waals surface area contributed by atoms with Gasteiger partial charge in [-0.05, 0) is 12.1 Å². The van der Waals surface area contributed by atoms with E-state index in [0.29, 0.717) is 0 Å². The number of carbonyl (C=O) groups excluding carboxylic acids is 1. The van der Waals surface area contributed by atoms with E-state index in [1.807, 2.05) is 36.4 Å². The SMILES string of the molecule is CC(C)(C)C(=O)C(C#N)=CNc1ccccc1. The monoisotopic (exact) mass is 228 g/mol. The summed E-state index contributed by atoms with van der Waals surface area (Å²) < 4.78 is 0. The molecule has 0 aliphatic carbocycles. The number of Topliss-reactive ketones (excluding diaryl/α,β-unsaturated/α-hetero) is 1. The molecule has 0 aliphatic rings. The fourth-order valence-corrected chi connectivity index (χ4v) is 1.24. The van der Waals surface area contributed by atoms with Crippen molar-refractivity contribution in [1.82, 2.24) is 0 Å². The second kappa shape index (κ2) is 5.31. The smallest absolute Gasteiger partial charge is 0.180 e. The number of nitrogens with one attached hydrogen (secondary N) is 1. The van der Waals surface area contributed by atoms with Gasteiger partial charge < -0.3 is 5.32 Å². The molecule has 0 saturated carbocycles. The highest BCUT2D eigenvalue weighted by Crippen LogP contribution is 2.19. The number of hydrogen-bond acceptors (Lipinski definition) is 3. The predicted molar refractivity (Wildman–Crippen MR) is 68.2 cm³/mol. The van der Waals surface area contributed by atoms with Crippen LogP contribution in [-0.4, -0.2) is 5.78 Å². The van der Waals surface area contributed by atoms with E-state index in [-0.39, 0.29) is 11.4 Å². The van der Waals surface area contributed by atoms with Crippen molar-refractivity contribution in [3.05, 3.63) is 42.1 Å². The zero-order valence-corrected chi connectivity index (χ0v) is 10.3. The molecule has 3 nitrogen and oxygen atoms in total. The summed E-state index contributed by atoms with van der Waals surface area (Å²) in [5, 5.41) is 11.9. The van der Waals surface area contributed by atoms with Crippen LogP contribution in [0.1, 0.15) is 20.8 Å². The average molecular weight is 228 g/mol. The molecular weight excluding hydrogens is 212 g/mol. The predicted octanol–water partition coefficient (Wildman–Crippen LogP) is 3.12. The highest BCUT2D eigenvalue weighted by Gasteiger charge is 2.24. The molecule has 0 aromatic heterocycles. The van der Waals surface area contributed by atoms with Crippen molar-refractivity contribution < 1.29 is 4.79 Å². The Labute approximate surface area is 102 Å². The van der Waals surface area contributed by atoms with Crippen molar-refractivity contribution >= 4 is 11.5 Å². The molecule has 0 aliphatic heterocycles. The van der Waals surface area contributed by atoms with Crippen molar-refractivity contribution in [3.8, 4) is 6.07 Å². The Bertz CT molecular complexity index is 461. The normalized spacial score (nSPS) is 11.8. The largest absolute Gasteiger partial charge is 0.360 e. The van der Waals surface area contributed by atoms with Gasteiger partial charge in [-0.3, -0.25) is 4.79 Å². The summed E-state index contributed by atoms with van der Waals surface area (Å²) in [5.41, 5.74) is 0.447. The molecule has 1 aromatic rings. The third kappa shape index (κ3) is 3.76. The summed E-state index contributed by atoms with van der Waals surface area (Å²) in [4.78, 5) is 11.9. The molecular formula is C14H16N2O. The van der Waals surface area contributed by atoms with Gasteiger partial charge in [-0.25, -0.2) is 0 Å². The minimum atomic E-state index is -0.542. The van der Waals surface area contributed by atoms with Gasteiger partial charge in [0.15, 0.2) is 5.78 Å². The van der Waals surface area contributed by atoms with Crippen LogP contribution in [0.25, 0.3) is 0 Å². The molecule has 17 heavy (non-hydrogen) atoms. The highest BCUT2D eigenvalue weighted by molar-refractivity contribution is 6.02. The van der Waals surface area contributed by atoms with Gasteiger partial charge in [-0.15, -0.1) is 0 Å². The van der Waals surface area contributed by atoms with Gasteiger partial charge in [0.1, 0.15) is 11.6 Å². The lowest BCUT2D eigenvalue weighted by Crippen LogP contribution is -2.22. The number of allylic oxidation sites excluding steroid dienone is 1. The number of hydrogen-bond donors (Lipinski definition) is 1. The lowest BCUT2D eigenvalue weighted by molar-refractivity contribution is -0.122. The summed E-state index contributed by atoms with van der Waals surface area (Å²) in [6.07, 6.45) is 1.46. The Balaban J connectivity index is 2.84. The molecule has 88 valence electrons. The van der Waals surface area contributed by atoms with Gasteiger partial charge in [-0.1, -0.05) is 39.0 Å². The summed E-state index contributed by atoms with van der Waals surface area (Å²) in [6.45, 7) is 5.38. The van der Waals surface area contributed by atoms with Crippen LogP contribution < -0.4 is 5.32 Å². The van der Waals surface area contributed by atoms with Gasteiger partial charge in [-0.2, -0.15) is 5.26 Å². The first-order valence-corrected chi connectivity index (χ1v) is 5.42. The van der Waals surface area contributed by atoms with E-state index >= 15 is 0 Å². The topological polar surface area (TPSA) is 52.9 Å². The van der Waals surface area contributed by atoms with Crippen LogP contribution in [0.15, 0.2) is 42.1 Å². The molecule has 1 rings (SSSR count). The Morgan fingerprint density at radius 3 is 2.35 bits per heavy atom. The van der Waals surface area contributed by atoms with Crippen LogP contribution in [-0.2, 0) is 4.79 Å². The Morgan fingerprint density at radius 2 is 1.88 bits per heavy atom. The molecule has 0 heterocycles. The minimum Gasteiger partial charge on any atom is -0.360 e. The summed E-state index contributed by atoms with van der Waals surface area (Å²) >= 11 is 0. The number of ketones is 1. The third-order valence-electron chi connectivity index (χ3n) is 2.20. The zero-order valence-electron chi connectivity index (χ0n) is 10.3. The summed E-state index contributed by atoms with van der Waals surface area (Å²) in [6, 6.07) is 11.3. The van der Waals surface area contributed by atoms with Crippen LogP contribution in [0, 0.1) is 16.7 Å². The lowest BCUT2D eigenvalue weighted by atomic mass is 9.87. The Hall–Kier alpha value is -2.08. The first-order chi connectivity index (χ1) is 7.95. The molecule has 3 heteroatoms. The molecule has 0 unspecified atom stereocenters. The number of nitriles is 1. The maximum atomic E-state index is 11.9. The van der Waals surface area contributed by atoms with E-state index in [0.717, 1.165) is 5.69 Å². The standard InChI is InChI=1S/C14H16N2O/c1-14(2,3)13(17)11(9-15)10-16-12-7-5-4-6-8-12/h4-8,10,16H,1-3H3. The average Bonchev–Trinajstić information content (AvgIpc) is 2.30. The summed E-state index contributed by atoms with van der Waals surface area (Å²) in [5.74, 6) is -0.163. The number of nitrogens with zero attached hydrogens (tertiary/aromatic N) is 1. The highest BCUT2D eigenvalue weighted by atomic mass is 16.1. The number of benzene rings is 1. The maximum Gasteiger partial charge on any atom is 0.180 e. The number of anilines is 1. The van der Waals surface area contributed by atoms with Gasteiger partial charge in [0.05, 0.1) is 0 Å². The van der Waals surface area contributed by atoms with Gasteiger partial charge >= 0.3 is 0 Å². The molecule has 0 atom stereocenters. The molecule has 1 N–H and O–H groups in total. The second-order valence-electron chi connectivity index (χ2n) is 4.76. The van der Waals surface area contributed by atoms with Crippen molar-refractivity contribution in [1.29, 1.82) is 5.26 Å². The van der Waals surface area contributed by atoms with E-state index in [2.05, 4.69) is 5.32 Å². The molecule has 0 fully saturated rings. The number of rotatable bonds is 3. The third-order valence-corrected chi connectivity index (χ3v) is 2.20. The van der Waals surface area contributed by atoms with Crippen LogP contribution in [0.2, 0.25) is 0 Å². The molecule has 0 spiro atoms. The number of carbonyl (C=O) groups is 1. The summed E-state index contributed by atoms with van der Waals surface area (Å²) in [7, 11) is 0. The quantitative estimate of drug-likeness (QED) is 0.638. The van der Waals surface area contributed by atoms with Crippen molar-refractivity contribution in [3.63, 3.8) is 0 Å². The van der Waals surface area contributed by atoms with Crippen molar-refractivity contribution in [2.75, 3.05) is 5.32 Å². The van der Waals surface area contributed by atoms with Gasteiger partial charge in [0.2, 0.25) is 0 Å². The van der Waals surface area contributed by atoms with E-state index < -0.39 is 5.41 Å². The molecule has 0 amide bonds. The van der Waals surface area contributed by atoms with Crippen LogP contribution >= 0.6 is 0 Å². The molecule has 0 saturated heterocycles. The van der Waals surface area contributed by atoms with Crippen LogP contribution in [0.3, 0.4) is 0 Å². The first kappa shape index (κ1) is 13.0. The molecule has 0 bridgehead atoms.